The van der Waals surface area contributed by atoms with Gasteiger partial charge < -0.3 is 14.7 Å². The molecule has 2 heterocycles. The molecule has 0 bridgehead atoms. The molecule has 1 fully saturated rings. The lowest BCUT2D eigenvalue weighted by molar-refractivity contribution is -0.274. The molecule has 5 rings (SSSR count). The zero-order valence-electron chi connectivity index (χ0n) is 27.9. The zero-order chi connectivity index (χ0) is 34.4. The molecule has 8 nitrogen and oxygen atoms in total. The van der Waals surface area contributed by atoms with Crippen LogP contribution in [0.15, 0.2) is 78.0 Å². The summed E-state index contributed by atoms with van der Waals surface area (Å²) in [7, 11) is 0. The highest BCUT2D eigenvalue weighted by molar-refractivity contribution is 8.14. The Labute approximate surface area is 284 Å². The predicted molar refractivity (Wildman–Crippen MR) is 187 cm³/mol. The molecule has 2 N–H and O–H groups in total. The number of aliphatic hydroxyl groups is 1. The maximum Gasteiger partial charge on any atom is 0.573 e. The van der Waals surface area contributed by atoms with Crippen molar-refractivity contribution in [1.82, 2.24) is 20.1 Å². The van der Waals surface area contributed by atoms with Gasteiger partial charge in [0.2, 0.25) is 6.35 Å². The molecular formula is C36H43F3N6O2S. The molecule has 1 aromatic heterocycles. The number of aryl methyl sites for hydroxylation is 2. The SMILES string of the molecule is Cc1ccc(C(C)C)c(N2/C(=N/C(O)NC(C)CCCc3ccc(-c4ncn(-c5ccc(OC(F)(F)F)cc5)n4)cc3)SCCC2C)c1. The summed E-state index contributed by atoms with van der Waals surface area (Å²) >= 11 is 1.70. The molecule has 0 aliphatic carbocycles. The average Bonchev–Trinajstić information content (AvgIpc) is 3.51. The van der Waals surface area contributed by atoms with Gasteiger partial charge in [0.25, 0.3) is 0 Å². The van der Waals surface area contributed by atoms with Crippen LogP contribution in [0.4, 0.5) is 18.9 Å². The summed E-state index contributed by atoms with van der Waals surface area (Å²) in [5.41, 5.74) is 6.24. The van der Waals surface area contributed by atoms with E-state index < -0.39 is 12.7 Å². The summed E-state index contributed by atoms with van der Waals surface area (Å²) in [4.78, 5) is 11.4. The van der Waals surface area contributed by atoms with Crippen LogP contribution in [0.3, 0.4) is 0 Å². The highest BCUT2D eigenvalue weighted by atomic mass is 32.2. The van der Waals surface area contributed by atoms with Crippen LogP contribution in [0.2, 0.25) is 0 Å². The van der Waals surface area contributed by atoms with Crippen LogP contribution < -0.4 is 15.0 Å². The van der Waals surface area contributed by atoms with Gasteiger partial charge in [0, 0.05) is 29.1 Å². The minimum Gasteiger partial charge on any atom is -0.406 e. The molecule has 12 heteroatoms. The highest BCUT2D eigenvalue weighted by Crippen LogP contribution is 2.35. The normalized spacial score (nSPS) is 17.6. The topological polar surface area (TPSA) is 87.8 Å². The smallest absolute Gasteiger partial charge is 0.406 e. The Balaban J connectivity index is 1.13. The van der Waals surface area contributed by atoms with E-state index >= 15 is 0 Å². The quantitative estimate of drug-likeness (QED) is 0.146. The molecule has 1 aliphatic rings. The largest absolute Gasteiger partial charge is 0.573 e. The number of benzene rings is 3. The lowest BCUT2D eigenvalue weighted by Gasteiger charge is -2.38. The number of rotatable bonds is 12. The number of aliphatic imine (C=N–C) groups is 1. The van der Waals surface area contributed by atoms with E-state index in [-0.39, 0.29) is 17.8 Å². The molecule has 0 radical (unpaired) electrons. The summed E-state index contributed by atoms with van der Waals surface area (Å²) in [6.07, 6.45) is -0.499. The van der Waals surface area contributed by atoms with Crippen molar-refractivity contribution in [2.24, 2.45) is 4.99 Å². The van der Waals surface area contributed by atoms with Crippen LogP contribution in [0.5, 0.6) is 5.75 Å². The number of aliphatic hydroxyl groups excluding tert-OH is 1. The fraction of sp³-hybridized carbons (Fsp3) is 0.417. The molecule has 48 heavy (non-hydrogen) atoms. The van der Waals surface area contributed by atoms with Crippen LogP contribution in [-0.2, 0) is 6.42 Å². The fourth-order valence-corrected chi connectivity index (χ4v) is 6.96. The molecule has 0 amide bonds. The fourth-order valence-electron chi connectivity index (χ4n) is 5.73. The van der Waals surface area contributed by atoms with E-state index in [0.29, 0.717) is 17.4 Å². The van der Waals surface area contributed by atoms with Crippen LogP contribution in [-0.4, -0.2) is 55.6 Å². The van der Waals surface area contributed by atoms with Crippen molar-refractivity contribution in [2.75, 3.05) is 10.7 Å². The van der Waals surface area contributed by atoms with Crippen LogP contribution in [0.25, 0.3) is 17.1 Å². The number of nitrogens with zero attached hydrogens (tertiary/aromatic N) is 5. The second-order valence-electron chi connectivity index (χ2n) is 12.6. The predicted octanol–water partition coefficient (Wildman–Crippen LogP) is 8.23. The lowest BCUT2D eigenvalue weighted by Crippen LogP contribution is -2.44. The van der Waals surface area contributed by atoms with Crippen molar-refractivity contribution in [2.45, 2.75) is 91.0 Å². The van der Waals surface area contributed by atoms with Crippen LogP contribution in [0, 0.1) is 6.92 Å². The van der Waals surface area contributed by atoms with Gasteiger partial charge >= 0.3 is 6.36 Å². The Bertz CT molecular complexity index is 1670. The van der Waals surface area contributed by atoms with Gasteiger partial charge in [-0.25, -0.2) is 14.7 Å². The van der Waals surface area contributed by atoms with Gasteiger partial charge in [0.05, 0.1) is 5.69 Å². The Hall–Kier alpha value is -3.87. The number of amidine groups is 1. The molecule has 3 unspecified atom stereocenters. The molecule has 4 aromatic rings. The Morgan fingerprint density at radius 2 is 1.79 bits per heavy atom. The van der Waals surface area contributed by atoms with Gasteiger partial charge in [0.15, 0.2) is 11.0 Å². The monoisotopic (exact) mass is 680 g/mol. The first-order valence-electron chi connectivity index (χ1n) is 16.3. The van der Waals surface area contributed by atoms with Crippen molar-refractivity contribution in [1.29, 1.82) is 0 Å². The van der Waals surface area contributed by atoms with Gasteiger partial charge in [-0.3, -0.25) is 5.32 Å². The first kappa shape index (κ1) is 35.4. The second-order valence-corrected chi connectivity index (χ2v) is 13.6. The van der Waals surface area contributed by atoms with Crippen molar-refractivity contribution in [3.05, 3.63) is 89.7 Å². The van der Waals surface area contributed by atoms with Crippen LogP contribution in [0.1, 0.15) is 69.6 Å². The summed E-state index contributed by atoms with van der Waals surface area (Å²) in [6, 6.07) is 20.4. The maximum absolute atomic E-state index is 12.4. The standard InChI is InChI=1S/C36H43F3N6O2S/c1-23(2)31-18-9-24(3)21-32(31)45-26(5)19-20-48-35(45)42-34(46)41-25(4)7-6-8-27-10-12-28(13-11-27)33-40-22-44(43-33)29-14-16-30(17-15-29)47-36(37,38)39/h9-18,21-23,25-26,34,41,46H,6-8,19-20H2,1-5H3/b42-35-. The Morgan fingerprint density at radius 1 is 1.06 bits per heavy atom. The highest BCUT2D eigenvalue weighted by Gasteiger charge is 2.31. The summed E-state index contributed by atoms with van der Waals surface area (Å²) in [5.74, 6) is 1.56. The molecule has 3 atom stereocenters. The van der Waals surface area contributed by atoms with Crippen molar-refractivity contribution >= 4 is 22.6 Å². The minimum atomic E-state index is -4.74. The first-order valence-corrected chi connectivity index (χ1v) is 17.3. The van der Waals surface area contributed by atoms with Crippen molar-refractivity contribution < 1.29 is 23.0 Å². The van der Waals surface area contributed by atoms with E-state index in [9.17, 15) is 18.3 Å². The minimum absolute atomic E-state index is 0.0653. The third-order valence-corrected chi connectivity index (χ3v) is 9.29. The molecule has 1 aliphatic heterocycles. The zero-order valence-corrected chi connectivity index (χ0v) is 28.7. The van der Waals surface area contributed by atoms with Crippen LogP contribution >= 0.6 is 11.8 Å². The van der Waals surface area contributed by atoms with Crippen molar-refractivity contribution in [3.8, 4) is 22.8 Å². The summed E-state index contributed by atoms with van der Waals surface area (Å²) in [5, 5.41) is 19.5. The van der Waals surface area contributed by atoms with Crippen molar-refractivity contribution in [3.63, 3.8) is 0 Å². The van der Waals surface area contributed by atoms with E-state index in [1.54, 1.807) is 11.8 Å². The summed E-state index contributed by atoms with van der Waals surface area (Å²) in [6.45, 7) is 10.8. The Morgan fingerprint density at radius 3 is 2.48 bits per heavy atom. The number of nitrogens with one attached hydrogen (secondary N) is 1. The molecule has 0 saturated carbocycles. The molecule has 256 valence electrons. The van der Waals surface area contributed by atoms with E-state index in [2.05, 4.69) is 77.9 Å². The van der Waals surface area contributed by atoms with E-state index in [4.69, 9.17) is 4.99 Å². The number of thioether (sulfide) groups is 1. The molecule has 1 saturated heterocycles. The van der Waals surface area contributed by atoms with E-state index in [1.807, 2.05) is 24.3 Å². The van der Waals surface area contributed by atoms with Gasteiger partial charge in [-0.1, -0.05) is 62.0 Å². The number of hydrogen-bond acceptors (Lipinski definition) is 7. The van der Waals surface area contributed by atoms with Gasteiger partial charge in [0.1, 0.15) is 12.1 Å². The molecule has 3 aromatic carbocycles. The van der Waals surface area contributed by atoms with E-state index in [0.717, 1.165) is 42.2 Å². The van der Waals surface area contributed by atoms with Gasteiger partial charge in [-0.15, -0.1) is 18.3 Å². The Kier molecular flexibility index (Phi) is 11.5. The maximum atomic E-state index is 12.4. The van der Waals surface area contributed by atoms with E-state index in [1.165, 1.54) is 57.7 Å². The average molecular weight is 681 g/mol. The number of aromatic nitrogens is 3. The second kappa shape index (κ2) is 15.6. The number of anilines is 1. The number of halogens is 3. The lowest BCUT2D eigenvalue weighted by atomic mass is 9.98. The number of hydrogen-bond donors (Lipinski definition) is 2. The third-order valence-electron chi connectivity index (χ3n) is 8.29. The summed E-state index contributed by atoms with van der Waals surface area (Å²) < 4.78 is 42.8. The van der Waals surface area contributed by atoms with Gasteiger partial charge in [-0.05, 0) is 99.4 Å². The molecule has 0 spiro atoms. The number of ether oxygens (including phenoxy) is 1. The third kappa shape index (κ3) is 9.39. The first-order chi connectivity index (χ1) is 22.9. The number of alkyl halides is 3. The van der Waals surface area contributed by atoms with Gasteiger partial charge in [-0.2, -0.15) is 0 Å². The molecular weight excluding hydrogens is 637 g/mol.